The van der Waals surface area contributed by atoms with Gasteiger partial charge in [-0.3, -0.25) is 10.1 Å². The van der Waals surface area contributed by atoms with Crippen molar-refractivity contribution in [3.8, 4) is 0 Å². The molecular weight excluding hydrogens is 304 g/mol. The highest BCUT2D eigenvalue weighted by molar-refractivity contribution is 5.86. The number of tetrazole rings is 1. The first-order chi connectivity index (χ1) is 11.7. The molecule has 7 heteroatoms. The summed E-state index contributed by atoms with van der Waals surface area (Å²) >= 11 is 0. The van der Waals surface area contributed by atoms with Crippen LogP contribution in [-0.2, 0) is 17.9 Å². The van der Waals surface area contributed by atoms with Crippen LogP contribution in [0, 0.1) is 0 Å². The Morgan fingerprint density at radius 1 is 1.21 bits per heavy atom. The highest BCUT2D eigenvalue weighted by atomic mass is 16.2. The van der Waals surface area contributed by atoms with Gasteiger partial charge >= 0.3 is 0 Å². The van der Waals surface area contributed by atoms with Crippen molar-refractivity contribution in [2.24, 2.45) is 0 Å². The van der Waals surface area contributed by atoms with Crippen molar-refractivity contribution < 1.29 is 4.79 Å². The lowest BCUT2D eigenvalue weighted by molar-refractivity contribution is -0.139. The van der Waals surface area contributed by atoms with Crippen LogP contribution in [0.2, 0.25) is 0 Å². The van der Waals surface area contributed by atoms with Gasteiger partial charge in [-0.25, -0.2) is 4.68 Å². The molecule has 1 aliphatic carbocycles. The van der Waals surface area contributed by atoms with E-state index in [4.69, 9.17) is 0 Å². The summed E-state index contributed by atoms with van der Waals surface area (Å²) in [5, 5.41) is 15.6. The van der Waals surface area contributed by atoms with Crippen molar-refractivity contribution in [3.05, 3.63) is 5.82 Å². The van der Waals surface area contributed by atoms with Crippen molar-refractivity contribution in [2.75, 3.05) is 13.1 Å². The monoisotopic (exact) mass is 336 g/mol. The molecule has 1 fully saturated rings. The molecule has 136 valence electrons. The summed E-state index contributed by atoms with van der Waals surface area (Å²) in [5.41, 5.74) is -0.453. The van der Waals surface area contributed by atoms with E-state index in [1.807, 2.05) is 23.4 Å². The maximum Gasteiger partial charge on any atom is 0.242 e. The lowest BCUT2D eigenvalue weighted by Crippen LogP contribution is -2.58. The third-order valence-electron chi connectivity index (χ3n) is 5.08. The molecule has 0 saturated heterocycles. The molecule has 7 nitrogen and oxygen atoms in total. The van der Waals surface area contributed by atoms with Gasteiger partial charge in [0.2, 0.25) is 5.91 Å². The van der Waals surface area contributed by atoms with E-state index < -0.39 is 5.54 Å². The Hall–Kier alpha value is -1.50. The van der Waals surface area contributed by atoms with E-state index in [0.717, 1.165) is 64.0 Å². The van der Waals surface area contributed by atoms with Gasteiger partial charge in [-0.2, -0.15) is 0 Å². The zero-order valence-electron chi connectivity index (χ0n) is 15.4. The fourth-order valence-electron chi connectivity index (χ4n) is 3.51. The number of nitrogens with one attached hydrogen (secondary N) is 1. The second kappa shape index (κ2) is 9.11. The highest BCUT2D eigenvalue weighted by Gasteiger charge is 2.41. The Balaban J connectivity index is 2.09. The van der Waals surface area contributed by atoms with Crippen molar-refractivity contribution in [3.63, 3.8) is 0 Å². The van der Waals surface area contributed by atoms with Gasteiger partial charge in [0.15, 0.2) is 5.82 Å². The van der Waals surface area contributed by atoms with Crippen molar-refractivity contribution >= 4 is 5.91 Å². The minimum atomic E-state index is -0.453. The molecule has 1 aromatic heterocycles. The summed E-state index contributed by atoms with van der Waals surface area (Å²) in [6.45, 7) is 9.13. The number of nitrogens with zero attached hydrogens (tertiary/aromatic N) is 5. The summed E-state index contributed by atoms with van der Waals surface area (Å²) in [6.07, 6.45) is 7.38. The fourth-order valence-corrected chi connectivity index (χ4v) is 3.51. The topological polar surface area (TPSA) is 75.9 Å². The number of rotatable bonds is 9. The number of hydrogen-bond acceptors (Lipinski definition) is 5. The van der Waals surface area contributed by atoms with Gasteiger partial charge in [0.25, 0.3) is 0 Å². The quantitative estimate of drug-likeness (QED) is 0.747. The van der Waals surface area contributed by atoms with E-state index in [2.05, 4.69) is 27.8 Å². The molecule has 0 bridgehead atoms. The van der Waals surface area contributed by atoms with Gasteiger partial charge in [0.05, 0.1) is 12.1 Å². The summed E-state index contributed by atoms with van der Waals surface area (Å²) < 4.78 is 1.86. The molecule has 0 spiro atoms. The van der Waals surface area contributed by atoms with E-state index in [1.165, 1.54) is 6.42 Å². The van der Waals surface area contributed by atoms with E-state index >= 15 is 0 Å². The van der Waals surface area contributed by atoms with Gasteiger partial charge in [-0.05, 0) is 43.5 Å². The Bertz CT molecular complexity index is 505. The SMILES string of the molecule is CCCCn1nnnc1CNC1(C(=O)N(CC)CC)CCCCC1. The van der Waals surface area contributed by atoms with Gasteiger partial charge in [-0.1, -0.05) is 32.6 Å². The molecule has 1 saturated carbocycles. The van der Waals surface area contributed by atoms with E-state index in [-0.39, 0.29) is 5.91 Å². The molecule has 0 aromatic carbocycles. The lowest BCUT2D eigenvalue weighted by Gasteiger charge is -2.40. The predicted molar refractivity (Wildman–Crippen MR) is 93.3 cm³/mol. The number of unbranched alkanes of at least 4 members (excludes halogenated alkanes) is 1. The number of carbonyl (C=O) groups excluding carboxylic acids is 1. The smallest absolute Gasteiger partial charge is 0.242 e. The minimum Gasteiger partial charge on any atom is -0.342 e. The Labute approximate surface area is 145 Å². The number of aromatic nitrogens is 4. The summed E-state index contributed by atoms with van der Waals surface area (Å²) in [5.74, 6) is 1.06. The molecule has 1 heterocycles. The molecule has 1 N–H and O–H groups in total. The zero-order chi connectivity index (χ0) is 17.4. The van der Waals surface area contributed by atoms with Gasteiger partial charge < -0.3 is 4.90 Å². The number of carbonyl (C=O) groups is 1. The number of amides is 1. The molecule has 1 aliphatic rings. The standard InChI is InChI=1S/C17H32N6O/c1-4-7-13-23-15(19-20-21-23)14-18-17(11-9-8-10-12-17)16(24)22(5-2)6-3/h18H,4-14H2,1-3H3. The van der Waals surface area contributed by atoms with Gasteiger partial charge in [0.1, 0.15) is 0 Å². The lowest BCUT2D eigenvalue weighted by atomic mass is 9.80. The van der Waals surface area contributed by atoms with Gasteiger partial charge in [0, 0.05) is 19.6 Å². The zero-order valence-corrected chi connectivity index (χ0v) is 15.4. The van der Waals surface area contributed by atoms with E-state index in [9.17, 15) is 4.79 Å². The second-order valence-corrected chi connectivity index (χ2v) is 6.65. The van der Waals surface area contributed by atoms with Crippen molar-refractivity contribution in [1.29, 1.82) is 0 Å². The summed E-state index contributed by atoms with van der Waals surface area (Å²) in [6, 6.07) is 0. The van der Waals surface area contributed by atoms with Gasteiger partial charge in [-0.15, -0.1) is 5.10 Å². The van der Waals surface area contributed by atoms with Crippen LogP contribution < -0.4 is 5.32 Å². The minimum absolute atomic E-state index is 0.236. The van der Waals surface area contributed by atoms with Crippen LogP contribution >= 0.6 is 0 Å². The van der Waals surface area contributed by atoms with Crippen LogP contribution in [0.1, 0.15) is 71.5 Å². The third-order valence-corrected chi connectivity index (χ3v) is 5.08. The highest BCUT2D eigenvalue weighted by Crippen LogP contribution is 2.30. The first-order valence-electron chi connectivity index (χ1n) is 9.46. The second-order valence-electron chi connectivity index (χ2n) is 6.65. The average Bonchev–Trinajstić information content (AvgIpc) is 3.07. The van der Waals surface area contributed by atoms with Crippen LogP contribution in [0.15, 0.2) is 0 Å². The molecule has 24 heavy (non-hydrogen) atoms. The first kappa shape index (κ1) is 18.8. The summed E-state index contributed by atoms with van der Waals surface area (Å²) in [7, 11) is 0. The number of aryl methyl sites for hydroxylation is 1. The van der Waals surface area contributed by atoms with Crippen molar-refractivity contribution in [2.45, 2.75) is 84.3 Å². The maximum absolute atomic E-state index is 13.1. The molecule has 0 aliphatic heterocycles. The fraction of sp³-hybridized carbons (Fsp3) is 0.882. The van der Waals surface area contributed by atoms with E-state index in [0.29, 0.717) is 6.54 Å². The van der Waals surface area contributed by atoms with Crippen molar-refractivity contribution in [1.82, 2.24) is 30.4 Å². The maximum atomic E-state index is 13.1. The molecule has 2 rings (SSSR count). The molecule has 0 atom stereocenters. The van der Waals surface area contributed by atoms with Crippen LogP contribution in [0.3, 0.4) is 0 Å². The Morgan fingerprint density at radius 2 is 1.92 bits per heavy atom. The van der Waals surface area contributed by atoms with Crippen LogP contribution in [0.5, 0.6) is 0 Å². The third kappa shape index (κ3) is 4.32. The van der Waals surface area contributed by atoms with Crippen LogP contribution in [-0.4, -0.2) is 49.6 Å². The van der Waals surface area contributed by atoms with Crippen LogP contribution in [0.4, 0.5) is 0 Å². The normalized spacial score (nSPS) is 17.0. The predicted octanol–water partition coefficient (Wildman–Crippen LogP) is 2.13. The molecule has 1 amide bonds. The molecular formula is C17H32N6O. The first-order valence-corrected chi connectivity index (χ1v) is 9.46. The van der Waals surface area contributed by atoms with E-state index in [1.54, 1.807) is 0 Å². The number of hydrogen-bond donors (Lipinski definition) is 1. The molecule has 1 aromatic rings. The largest absolute Gasteiger partial charge is 0.342 e. The van der Waals surface area contributed by atoms with Crippen LogP contribution in [0.25, 0.3) is 0 Å². The Kier molecular flexibility index (Phi) is 7.15. The average molecular weight is 336 g/mol. The molecule has 0 unspecified atom stereocenters. The summed E-state index contributed by atoms with van der Waals surface area (Å²) in [4.78, 5) is 15.0. The molecule has 0 radical (unpaired) electrons. The number of likely N-dealkylation sites (N-methyl/N-ethyl adjacent to an activating group) is 1. The Morgan fingerprint density at radius 3 is 2.54 bits per heavy atom.